The van der Waals surface area contributed by atoms with E-state index < -0.39 is 0 Å². The SMILES string of the molecule is CC(N)C[N+](C)(C)C.Cl.[Cl-]. The quantitative estimate of drug-likeness (QED) is 0.476. The second-order valence-corrected chi connectivity index (χ2v) is 3.45. The highest BCUT2D eigenvalue weighted by Crippen LogP contribution is 1.90. The Bertz CT molecular complexity index is 68.6. The van der Waals surface area contributed by atoms with Crippen LogP contribution in [0, 0.1) is 0 Å². The molecule has 0 aromatic carbocycles. The molecule has 0 aliphatic heterocycles. The zero-order valence-electron chi connectivity index (χ0n) is 7.10. The highest BCUT2D eigenvalue weighted by Gasteiger charge is 2.08. The molecule has 66 valence electrons. The molecule has 0 aliphatic carbocycles. The number of quaternary nitrogens is 1. The van der Waals surface area contributed by atoms with E-state index in [1.807, 2.05) is 6.92 Å². The summed E-state index contributed by atoms with van der Waals surface area (Å²) in [6, 6.07) is 0.315. The molecule has 2 nitrogen and oxygen atoms in total. The molecule has 1 atom stereocenters. The van der Waals surface area contributed by atoms with Crippen LogP contribution in [0.1, 0.15) is 6.92 Å². The van der Waals surface area contributed by atoms with Crippen LogP contribution < -0.4 is 18.1 Å². The van der Waals surface area contributed by atoms with Crippen molar-refractivity contribution in [2.75, 3.05) is 27.7 Å². The molecule has 0 saturated carbocycles. The Balaban J connectivity index is -0.000000245. The molecule has 0 rings (SSSR count). The number of nitrogens with zero attached hydrogens (tertiary/aromatic N) is 1. The van der Waals surface area contributed by atoms with E-state index in [4.69, 9.17) is 5.73 Å². The monoisotopic (exact) mass is 188 g/mol. The third-order valence-electron chi connectivity index (χ3n) is 0.836. The van der Waals surface area contributed by atoms with Crippen molar-refractivity contribution in [2.45, 2.75) is 13.0 Å². The number of nitrogens with two attached hydrogens (primary N) is 1. The van der Waals surface area contributed by atoms with E-state index in [-0.39, 0.29) is 24.8 Å². The summed E-state index contributed by atoms with van der Waals surface area (Å²) in [6.45, 7) is 3.07. The Morgan fingerprint density at radius 3 is 1.60 bits per heavy atom. The maximum Gasteiger partial charge on any atom is 0.0931 e. The number of likely N-dealkylation sites (N-methyl/N-ethyl adjacent to an activating group) is 1. The van der Waals surface area contributed by atoms with Crippen LogP contribution in [0.25, 0.3) is 0 Å². The zero-order chi connectivity index (χ0) is 6.78. The lowest BCUT2D eigenvalue weighted by molar-refractivity contribution is -0.871. The first kappa shape index (κ1) is 16.8. The first-order valence-electron chi connectivity index (χ1n) is 2.98. The maximum atomic E-state index is 5.56. The molecule has 0 heterocycles. The van der Waals surface area contributed by atoms with Crippen LogP contribution in [0.5, 0.6) is 0 Å². The Kier molecular flexibility index (Phi) is 10.5. The van der Waals surface area contributed by atoms with Crippen LogP contribution in [0.15, 0.2) is 0 Å². The van der Waals surface area contributed by atoms with Crippen molar-refractivity contribution >= 4 is 12.4 Å². The van der Waals surface area contributed by atoms with E-state index in [0.717, 1.165) is 11.0 Å². The van der Waals surface area contributed by atoms with Gasteiger partial charge in [-0.1, -0.05) is 0 Å². The van der Waals surface area contributed by atoms with E-state index in [1.54, 1.807) is 0 Å². The normalized spacial score (nSPS) is 12.9. The number of hydrogen-bond acceptors (Lipinski definition) is 1. The van der Waals surface area contributed by atoms with Gasteiger partial charge in [-0.05, 0) is 6.92 Å². The zero-order valence-corrected chi connectivity index (χ0v) is 8.67. The second kappa shape index (κ2) is 6.23. The molecule has 4 heteroatoms. The molecule has 1 unspecified atom stereocenters. The molecule has 0 aromatic rings. The summed E-state index contributed by atoms with van der Waals surface area (Å²) in [7, 11) is 6.43. The Morgan fingerprint density at radius 2 is 1.60 bits per heavy atom. The summed E-state index contributed by atoms with van der Waals surface area (Å²) in [5, 5.41) is 0. The fourth-order valence-corrected chi connectivity index (χ4v) is 0.864. The van der Waals surface area contributed by atoms with Gasteiger partial charge in [-0.2, -0.15) is 0 Å². The van der Waals surface area contributed by atoms with Gasteiger partial charge in [0.2, 0.25) is 0 Å². The van der Waals surface area contributed by atoms with Crippen LogP contribution in [-0.2, 0) is 0 Å². The van der Waals surface area contributed by atoms with Crippen LogP contribution in [0.2, 0.25) is 0 Å². The molecule has 0 bridgehead atoms. The Morgan fingerprint density at radius 1 is 1.30 bits per heavy atom. The summed E-state index contributed by atoms with van der Waals surface area (Å²) in [5.41, 5.74) is 5.56. The van der Waals surface area contributed by atoms with Crippen molar-refractivity contribution in [2.24, 2.45) is 5.73 Å². The minimum absolute atomic E-state index is 0. The second-order valence-electron chi connectivity index (χ2n) is 3.45. The van der Waals surface area contributed by atoms with E-state index in [1.165, 1.54) is 0 Å². The number of hydrogen-bond donors (Lipinski definition) is 1. The minimum atomic E-state index is 0. The van der Waals surface area contributed by atoms with Crippen molar-refractivity contribution in [3.05, 3.63) is 0 Å². The summed E-state index contributed by atoms with van der Waals surface area (Å²) in [5.74, 6) is 0. The van der Waals surface area contributed by atoms with Gasteiger partial charge in [0, 0.05) is 0 Å². The fourth-order valence-electron chi connectivity index (χ4n) is 0.864. The summed E-state index contributed by atoms with van der Waals surface area (Å²) >= 11 is 0. The third-order valence-corrected chi connectivity index (χ3v) is 0.836. The van der Waals surface area contributed by atoms with Crippen molar-refractivity contribution in [3.63, 3.8) is 0 Å². The van der Waals surface area contributed by atoms with Crippen LogP contribution in [0.3, 0.4) is 0 Å². The minimum Gasteiger partial charge on any atom is -1.00 e. The number of halogens is 2. The maximum absolute atomic E-state index is 5.56. The van der Waals surface area contributed by atoms with Gasteiger partial charge in [-0.25, -0.2) is 0 Å². The van der Waals surface area contributed by atoms with Crippen molar-refractivity contribution in [3.8, 4) is 0 Å². The van der Waals surface area contributed by atoms with Crippen molar-refractivity contribution in [1.29, 1.82) is 0 Å². The van der Waals surface area contributed by atoms with Gasteiger partial charge in [0.15, 0.2) is 0 Å². The van der Waals surface area contributed by atoms with Crippen molar-refractivity contribution in [1.82, 2.24) is 0 Å². The van der Waals surface area contributed by atoms with E-state index >= 15 is 0 Å². The fraction of sp³-hybridized carbons (Fsp3) is 1.00. The first-order valence-corrected chi connectivity index (χ1v) is 2.98. The smallest absolute Gasteiger partial charge is 0.0931 e. The summed E-state index contributed by atoms with van der Waals surface area (Å²) < 4.78 is 0.956. The molecule has 0 aromatic heterocycles. The van der Waals surface area contributed by atoms with Crippen LogP contribution in [-0.4, -0.2) is 38.2 Å². The van der Waals surface area contributed by atoms with E-state index in [9.17, 15) is 0 Å². The van der Waals surface area contributed by atoms with Gasteiger partial charge in [-0.3, -0.25) is 0 Å². The van der Waals surface area contributed by atoms with Gasteiger partial charge in [-0.15, -0.1) is 12.4 Å². The largest absolute Gasteiger partial charge is 1.00 e. The molecule has 10 heavy (non-hydrogen) atoms. The molecule has 0 aliphatic rings. The van der Waals surface area contributed by atoms with Crippen LogP contribution in [0.4, 0.5) is 0 Å². The standard InChI is InChI=1S/C6H17N2.2ClH/c1-6(7)5-8(2,3)4;;/h6H,5,7H2,1-4H3;2*1H/q+1;;/p-1. The molecular formula is C6H18Cl2N2. The predicted molar refractivity (Wildman–Crippen MR) is 43.8 cm³/mol. The molecule has 0 saturated heterocycles. The van der Waals surface area contributed by atoms with Crippen molar-refractivity contribution < 1.29 is 16.9 Å². The lowest BCUT2D eigenvalue weighted by Crippen LogP contribution is -3.00. The lowest BCUT2D eigenvalue weighted by atomic mass is 10.3. The number of rotatable bonds is 2. The molecule has 0 radical (unpaired) electrons. The first-order chi connectivity index (χ1) is 3.42. The molecule has 0 fully saturated rings. The van der Waals surface area contributed by atoms with Gasteiger partial charge in [0.25, 0.3) is 0 Å². The molecular weight excluding hydrogens is 171 g/mol. The molecule has 0 spiro atoms. The predicted octanol–water partition coefficient (Wildman–Crippen LogP) is -2.53. The summed E-state index contributed by atoms with van der Waals surface area (Å²) in [6.07, 6.45) is 0. The van der Waals surface area contributed by atoms with E-state index in [0.29, 0.717) is 6.04 Å². The van der Waals surface area contributed by atoms with Gasteiger partial charge in [0.05, 0.1) is 33.7 Å². The Hall–Kier alpha value is 0.500. The topological polar surface area (TPSA) is 26.0 Å². The highest BCUT2D eigenvalue weighted by molar-refractivity contribution is 5.85. The highest BCUT2D eigenvalue weighted by atomic mass is 35.5. The van der Waals surface area contributed by atoms with E-state index in [2.05, 4.69) is 21.1 Å². The Labute approximate surface area is 76.2 Å². The van der Waals surface area contributed by atoms with Gasteiger partial charge >= 0.3 is 0 Å². The average molecular weight is 189 g/mol. The van der Waals surface area contributed by atoms with Gasteiger partial charge in [0.1, 0.15) is 0 Å². The molecule has 2 N–H and O–H groups in total. The summed E-state index contributed by atoms with van der Waals surface area (Å²) in [4.78, 5) is 0. The third kappa shape index (κ3) is 15.8. The van der Waals surface area contributed by atoms with Crippen LogP contribution >= 0.6 is 12.4 Å². The molecule has 0 amide bonds. The lowest BCUT2D eigenvalue weighted by Gasteiger charge is -2.25. The van der Waals surface area contributed by atoms with Gasteiger partial charge < -0.3 is 22.6 Å². The average Bonchev–Trinajstić information content (AvgIpc) is 1.21.